The highest BCUT2D eigenvalue weighted by Crippen LogP contribution is 2.33. The van der Waals surface area contributed by atoms with Gasteiger partial charge in [0.1, 0.15) is 12.7 Å². The van der Waals surface area contributed by atoms with Crippen molar-refractivity contribution in [2.24, 2.45) is 0 Å². The molecule has 0 radical (unpaired) electrons. The summed E-state index contributed by atoms with van der Waals surface area (Å²) in [6.45, 7) is 4.84. The molecular formula is C22H24N4O3. The molecule has 29 heavy (non-hydrogen) atoms. The number of nitrogens with one attached hydrogen (secondary N) is 1. The number of benzene rings is 2. The lowest BCUT2D eigenvalue weighted by Crippen LogP contribution is -2.23. The van der Waals surface area contributed by atoms with E-state index in [1.165, 1.54) is 6.33 Å². The van der Waals surface area contributed by atoms with Crippen LogP contribution in [-0.2, 0) is 19.5 Å². The minimum absolute atomic E-state index is 0.178. The fraction of sp³-hybridized carbons (Fsp3) is 0.227. The van der Waals surface area contributed by atoms with E-state index in [1.807, 2.05) is 24.3 Å². The highest BCUT2D eigenvalue weighted by Gasteiger charge is 2.15. The summed E-state index contributed by atoms with van der Waals surface area (Å²) in [6.07, 6.45) is 5.53. The molecule has 0 aliphatic carbocycles. The topological polar surface area (TPSA) is 78.3 Å². The molecule has 7 heteroatoms. The molecule has 0 atom stereocenters. The summed E-state index contributed by atoms with van der Waals surface area (Å²) in [6, 6.07) is 11.5. The molecule has 3 aromatic rings. The second-order valence-electron chi connectivity index (χ2n) is 6.46. The Hall–Kier alpha value is -3.61. The second kappa shape index (κ2) is 9.54. The van der Waals surface area contributed by atoms with E-state index in [2.05, 4.69) is 22.0 Å². The summed E-state index contributed by atoms with van der Waals surface area (Å²) < 4.78 is 12.6. The number of methoxy groups -OCH3 is 2. The highest BCUT2D eigenvalue weighted by molar-refractivity contribution is 5.95. The molecule has 0 aliphatic rings. The van der Waals surface area contributed by atoms with Crippen molar-refractivity contribution in [1.82, 2.24) is 20.1 Å². The molecule has 0 saturated heterocycles. The van der Waals surface area contributed by atoms with Crippen molar-refractivity contribution in [3.8, 4) is 11.5 Å². The predicted molar refractivity (Wildman–Crippen MR) is 110 cm³/mol. The number of hydrogen-bond acceptors (Lipinski definition) is 5. The Morgan fingerprint density at radius 3 is 2.55 bits per heavy atom. The Morgan fingerprint density at radius 1 is 1.17 bits per heavy atom. The van der Waals surface area contributed by atoms with Gasteiger partial charge in [-0.15, -0.1) is 6.58 Å². The molecule has 0 saturated carbocycles. The lowest BCUT2D eigenvalue weighted by Gasteiger charge is -2.14. The zero-order chi connectivity index (χ0) is 20.6. The summed E-state index contributed by atoms with van der Waals surface area (Å²) in [5.41, 5.74) is 3.48. The molecule has 1 heterocycles. The first-order valence-corrected chi connectivity index (χ1v) is 9.18. The monoisotopic (exact) mass is 392 g/mol. The fourth-order valence-electron chi connectivity index (χ4n) is 3.03. The van der Waals surface area contributed by atoms with Crippen molar-refractivity contribution in [3.05, 3.63) is 84.0 Å². The number of ether oxygens (including phenoxy) is 2. The third-order valence-corrected chi connectivity index (χ3v) is 4.47. The number of amides is 1. The Balaban J connectivity index is 1.67. The van der Waals surface area contributed by atoms with E-state index in [4.69, 9.17) is 9.47 Å². The number of aromatic nitrogens is 3. The third-order valence-electron chi connectivity index (χ3n) is 4.47. The maximum absolute atomic E-state index is 12.7. The van der Waals surface area contributed by atoms with Crippen LogP contribution in [0.15, 0.2) is 61.7 Å². The maximum Gasteiger partial charge on any atom is 0.251 e. The first kappa shape index (κ1) is 20.1. The number of carbonyl (C=O) groups is 1. The van der Waals surface area contributed by atoms with Crippen molar-refractivity contribution >= 4 is 5.91 Å². The van der Waals surface area contributed by atoms with Crippen molar-refractivity contribution in [3.63, 3.8) is 0 Å². The number of allylic oxidation sites excluding steroid dienone is 1. The smallest absolute Gasteiger partial charge is 0.251 e. The van der Waals surface area contributed by atoms with Crippen LogP contribution < -0.4 is 14.8 Å². The Kier molecular flexibility index (Phi) is 6.63. The van der Waals surface area contributed by atoms with Crippen LogP contribution in [0.4, 0.5) is 0 Å². The predicted octanol–water partition coefficient (Wildman–Crippen LogP) is 3.00. The van der Waals surface area contributed by atoms with Gasteiger partial charge in [0.15, 0.2) is 11.5 Å². The molecule has 3 rings (SSSR count). The highest BCUT2D eigenvalue weighted by atomic mass is 16.5. The van der Waals surface area contributed by atoms with Gasteiger partial charge in [0, 0.05) is 17.7 Å². The zero-order valence-corrected chi connectivity index (χ0v) is 16.6. The van der Waals surface area contributed by atoms with E-state index in [9.17, 15) is 4.79 Å². The zero-order valence-electron chi connectivity index (χ0n) is 16.6. The van der Waals surface area contributed by atoms with E-state index in [-0.39, 0.29) is 5.91 Å². The summed E-state index contributed by atoms with van der Waals surface area (Å²) in [5, 5.41) is 7.05. The normalized spacial score (nSPS) is 10.4. The number of nitrogens with zero attached hydrogens (tertiary/aromatic N) is 3. The first-order chi connectivity index (χ1) is 14.1. The van der Waals surface area contributed by atoms with Crippen molar-refractivity contribution in [1.29, 1.82) is 0 Å². The van der Waals surface area contributed by atoms with Gasteiger partial charge in [-0.05, 0) is 29.7 Å². The maximum atomic E-state index is 12.7. The van der Waals surface area contributed by atoms with Gasteiger partial charge >= 0.3 is 0 Å². The molecule has 0 unspecified atom stereocenters. The molecule has 2 aromatic carbocycles. The SMILES string of the molecule is C=CCc1cc(C(=O)NCc2ccc(Cn3cncn3)cc2)cc(OC)c1OC. The molecule has 0 bridgehead atoms. The number of carbonyl (C=O) groups excluding carboxylic acids is 1. The molecule has 1 N–H and O–H groups in total. The Labute approximate surface area is 170 Å². The standard InChI is InChI=1S/C22H24N4O3/c1-4-5-18-10-19(11-20(28-2)21(18)29-3)22(27)24-12-16-6-8-17(9-7-16)13-26-15-23-14-25-26/h4,6-11,14-15H,1,5,12-13H2,2-3H3,(H,24,27). The van der Waals surface area contributed by atoms with Gasteiger partial charge in [-0.3, -0.25) is 4.79 Å². The van der Waals surface area contributed by atoms with E-state index in [1.54, 1.807) is 43.4 Å². The van der Waals surface area contributed by atoms with Gasteiger partial charge in [0.2, 0.25) is 0 Å². The van der Waals surface area contributed by atoms with Gasteiger partial charge in [-0.2, -0.15) is 5.10 Å². The van der Waals surface area contributed by atoms with Crippen molar-refractivity contribution in [2.75, 3.05) is 14.2 Å². The number of rotatable bonds is 9. The van der Waals surface area contributed by atoms with Gasteiger partial charge in [-0.25, -0.2) is 9.67 Å². The van der Waals surface area contributed by atoms with E-state index >= 15 is 0 Å². The van der Waals surface area contributed by atoms with Gasteiger partial charge in [0.25, 0.3) is 5.91 Å². The van der Waals surface area contributed by atoms with Crippen LogP contribution in [0.1, 0.15) is 27.0 Å². The second-order valence-corrected chi connectivity index (χ2v) is 6.46. The van der Waals surface area contributed by atoms with Crippen LogP contribution in [0.25, 0.3) is 0 Å². The van der Waals surface area contributed by atoms with E-state index in [0.29, 0.717) is 36.6 Å². The van der Waals surface area contributed by atoms with Gasteiger partial charge in [0.05, 0.1) is 20.8 Å². The number of hydrogen-bond donors (Lipinski definition) is 1. The van der Waals surface area contributed by atoms with E-state index < -0.39 is 0 Å². The van der Waals surface area contributed by atoms with Crippen LogP contribution in [-0.4, -0.2) is 34.9 Å². The average Bonchev–Trinajstić information content (AvgIpc) is 3.25. The minimum Gasteiger partial charge on any atom is -0.493 e. The van der Waals surface area contributed by atoms with Crippen LogP contribution >= 0.6 is 0 Å². The van der Waals surface area contributed by atoms with Crippen molar-refractivity contribution in [2.45, 2.75) is 19.5 Å². The lowest BCUT2D eigenvalue weighted by molar-refractivity contribution is 0.0950. The molecular weight excluding hydrogens is 368 g/mol. The van der Waals surface area contributed by atoms with Crippen LogP contribution in [0, 0.1) is 0 Å². The molecule has 0 aliphatic heterocycles. The first-order valence-electron chi connectivity index (χ1n) is 9.18. The van der Waals surface area contributed by atoms with Crippen LogP contribution in [0.5, 0.6) is 11.5 Å². The van der Waals surface area contributed by atoms with Crippen molar-refractivity contribution < 1.29 is 14.3 Å². The fourth-order valence-corrected chi connectivity index (χ4v) is 3.03. The molecule has 1 amide bonds. The Bertz CT molecular complexity index is 966. The average molecular weight is 392 g/mol. The summed E-state index contributed by atoms with van der Waals surface area (Å²) in [7, 11) is 3.13. The molecule has 1 aromatic heterocycles. The quantitative estimate of drug-likeness (QED) is 0.567. The van der Waals surface area contributed by atoms with E-state index in [0.717, 1.165) is 16.7 Å². The lowest BCUT2D eigenvalue weighted by atomic mass is 10.0. The third kappa shape index (κ3) is 5.01. The van der Waals surface area contributed by atoms with Crippen LogP contribution in [0.3, 0.4) is 0 Å². The summed E-state index contributed by atoms with van der Waals surface area (Å²) in [4.78, 5) is 16.6. The molecule has 0 fully saturated rings. The van der Waals surface area contributed by atoms with Gasteiger partial charge in [-0.1, -0.05) is 30.3 Å². The minimum atomic E-state index is -0.178. The van der Waals surface area contributed by atoms with Crippen LogP contribution in [0.2, 0.25) is 0 Å². The Morgan fingerprint density at radius 2 is 1.93 bits per heavy atom. The largest absolute Gasteiger partial charge is 0.493 e. The summed E-state index contributed by atoms with van der Waals surface area (Å²) in [5.74, 6) is 0.962. The molecule has 7 nitrogen and oxygen atoms in total. The summed E-state index contributed by atoms with van der Waals surface area (Å²) >= 11 is 0. The molecule has 150 valence electrons. The van der Waals surface area contributed by atoms with Gasteiger partial charge < -0.3 is 14.8 Å². The molecule has 0 spiro atoms.